The number of hydrogen-bond donors (Lipinski definition) is 3. The van der Waals surface area contributed by atoms with Gasteiger partial charge in [0.05, 0.1) is 30.0 Å². The minimum Gasteiger partial charge on any atom is -0.385 e. The van der Waals surface area contributed by atoms with Crippen molar-refractivity contribution in [2.24, 2.45) is 0 Å². The first-order chi connectivity index (χ1) is 15.8. The average Bonchev–Trinajstić information content (AvgIpc) is 2.77. The van der Waals surface area contributed by atoms with Gasteiger partial charge in [0.15, 0.2) is 11.6 Å². The molecule has 1 saturated heterocycles. The number of anilines is 2. The second-order valence-corrected chi connectivity index (χ2v) is 8.37. The van der Waals surface area contributed by atoms with E-state index >= 15 is 0 Å². The highest BCUT2D eigenvalue weighted by Gasteiger charge is 2.44. The number of carbonyl (C=O) groups is 1. The fourth-order valence-electron chi connectivity index (χ4n) is 3.83. The lowest BCUT2D eigenvalue weighted by molar-refractivity contribution is -0.0787. The second kappa shape index (κ2) is 9.25. The number of halogens is 3. The van der Waals surface area contributed by atoms with Gasteiger partial charge in [-0.1, -0.05) is 36.4 Å². The number of likely N-dealkylation sites (tertiary alicyclic amines) is 1. The van der Waals surface area contributed by atoms with Crippen molar-refractivity contribution in [1.82, 2.24) is 10.2 Å². The summed E-state index contributed by atoms with van der Waals surface area (Å²) in [7, 11) is 0. The normalized spacial score (nSPS) is 14.6. The van der Waals surface area contributed by atoms with Gasteiger partial charge in [-0.2, -0.15) is 0 Å². The van der Waals surface area contributed by atoms with Crippen molar-refractivity contribution in [3.05, 3.63) is 94.8 Å². The first-order valence-electron chi connectivity index (χ1n) is 10.5. The van der Waals surface area contributed by atoms with E-state index < -0.39 is 34.6 Å². The van der Waals surface area contributed by atoms with Crippen LogP contribution in [0, 0.1) is 24.4 Å². The quantitative estimate of drug-likeness (QED) is 0.501. The van der Waals surface area contributed by atoms with E-state index in [0.717, 1.165) is 17.7 Å². The van der Waals surface area contributed by atoms with Crippen molar-refractivity contribution in [1.29, 1.82) is 0 Å². The lowest BCUT2D eigenvalue weighted by atomic mass is 9.92. The lowest BCUT2D eigenvalue weighted by Gasteiger charge is -2.46. The van der Waals surface area contributed by atoms with Crippen LogP contribution >= 0.6 is 0 Å². The highest BCUT2D eigenvalue weighted by molar-refractivity contribution is 6.01. The van der Waals surface area contributed by atoms with Crippen molar-refractivity contribution < 1.29 is 23.1 Å². The largest absolute Gasteiger partial charge is 0.385 e. The Morgan fingerprint density at radius 1 is 1.03 bits per heavy atom. The molecule has 3 aromatic rings. The maximum Gasteiger partial charge on any atom is 0.256 e. The van der Waals surface area contributed by atoms with Gasteiger partial charge < -0.3 is 20.6 Å². The van der Waals surface area contributed by atoms with Crippen molar-refractivity contribution >= 4 is 17.3 Å². The molecule has 0 spiro atoms. The van der Waals surface area contributed by atoms with Crippen LogP contribution in [0.1, 0.15) is 21.5 Å². The fraction of sp³-hybridized carbons (Fsp3) is 0.240. The molecule has 0 radical (unpaired) electrons. The summed E-state index contributed by atoms with van der Waals surface area (Å²) in [4.78, 5) is 14.3. The van der Waals surface area contributed by atoms with Crippen LogP contribution < -0.4 is 10.6 Å². The van der Waals surface area contributed by atoms with Crippen molar-refractivity contribution in [3.8, 4) is 0 Å². The molecular weight excluding hydrogens is 431 g/mol. The summed E-state index contributed by atoms with van der Waals surface area (Å²) in [6.45, 7) is 2.60. The lowest BCUT2D eigenvalue weighted by Crippen LogP contribution is -2.67. The Morgan fingerprint density at radius 3 is 2.45 bits per heavy atom. The molecule has 1 heterocycles. The van der Waals surface area contributed by atoms with E-state index in [1.807, 2.05) is 30.3 Å². The van der Waals surface area contributed by atoms with Gasteiger partial charge in [0.2, 0.25) is 0 Å². The average molecular weight is 455 g/mol. The van der Waals surface area contributed by atoms with Crippen LogP contribution in [-0.2, 0) is 6.54 Å². The molecule has 33 heavy (non-hydrogen) atoms. The van der Waals surface area contributed by atoms with E-state index in [2.05, 4.69) is 10.6 Å². The molecule has 172 valence electrons. The number of benzene rings is 3. The van der Waals surface area contributed by atoms with Crippen LogP contribution in [0.2, 0.25) is 0 Å². The fourth-order valence-corrected chi connectivity index (χ4v) is 3.83. The molecule has 4 rings (SSSR count). The summed E-state index contributed by atoms with van der Waals surface area (Å²) in [5.41, 5.74) is -0.0680. The molecule has 0 atom stereocenters. The molecular formula is C25H24F3N3O2. The van der Waals surface area contributed by atoms with E-state index in [0.29, 0.717) is 12.1 Å². The first kappa shape index (κ1) is 22.8. The molecule has 0 bridgehead atoms. The molecule has 0 aliphatic carbocycles. The maximum atomic E-state index is 14.6. The van der Waals surface area contributed by atoms with Gasteiger partial charge in [-0.15, -0.1) is 0 Å². The molecule has 1 aliphatic rings. The monoisotopic (exact) mass is 455 g/mol. The first-order valence-corrected chi connectivity index (χ1v) is 10.5. The number of aliphatic hydroxyl groups is 1. The van der Waals surface area contributed by atoms with Crippen LogP contribution in [-0.4, -0.2) is 41.1 Å². The zero-order chi connectivity index (χ0) is 23.6. The minimum absolute atomic E-state index is 0.0327. The standard InChI is InChI=1S/C25H24F3N3O2/c1-16-7-10-21(20(27)11-16)30-23-18(8-9-19(26)22(23)28)24(32)31-14-25(33,15-31)13-29-12-17-5-3-2-4-6-17/h2-11,29-30,33H,12-15H2,1H3. The van der Waals surface area contributed by atoms with Gasteiger partial charge in [-0.25, -0.2) is 13.2 Å². The van der Waals surface area contributed by atoms with Crippen LogP contribution in [0.4, 0.5) is 24.5 Å². The summed E-state index contributed by atoms with van der Waals surface area (Å²) in [6, 6.07) is 15.9. The number of nitrogens with one attached hydrogen (secondary N) is 2. The number of rotatable bonds is 7. The van der Waals surface area contributed by atoms with Crippen LogP contribution in [0.25, 0.3) is 0 Å². The molecule has 1 amide bonds. The molecule has 0 unspecified atom stereocenters. The van der Waals surface area contributed by atoms with Gasteiger partial charge in [-0.05, 0) is 42.3 Å². The third-order valence-electron chi connectivity index (χ3n) is 5.59. The van der Waals surface area contributed by atoms with Gasteiger partial charge in [0.25, 0.3) is 5.91 Å². The third-order valence-corrected chi connectivity index (χ3v) is 5.59. The number of hydrogen-bond acceptors (Lipinski definition) is 4. The molecule has 8 heteroatoms. The third kappa shape index (κ3) is 5.02. The molecule has 5 nitrogen and oxygen atoms in total. The summed E-state index contributed by atoms with van der Waals surface area (Å²) < 4.78 is 42.8. The Kier molecular flexibility index (Phi) is 6.40. The molecule has 3 aromatic carbocycles. The van der Waals surface area contributed by atoms with Crippen LogP contribution in [0.5, 0.6) is 0 Å². The molecule has 0 aromatic heterocycles. The van der Waals surface area contributed by atoms with E-state index in [9.17, 15) is 23.1 Å². The summed E-state index contributed by atoms with van der Waals surface area (Å²) in [5.74, 6) is -3.68. The van der Waals surface area contributed by atoms with Crippen LogP contribution in [0.15, 0.2) is 60.7 Å². The maximum absolute atomic E-state index is 14.6. The van der Waals surface area contributed by atoms with Crippen molar-refractivity contribution in [2.45, 2.75) is 19.1 Å². The Morgan fingerprint density at radius 2 is 1.76 bits per heavy atom. The van der Waals surface area contributed by atoms with Crippen molar-refractivity contribution in [3.63, 3.8) is 0 Å². The van der Waals surface area contributed by atoms with Crippen LogP contribution in [0.3, 0.4) is 0 Å². The molecule has 1 aliphatic heterocycles. The van der Waals surface area contributed by atoms with E-state index in [4.69, 9.17) is 0 Å². The summed E-state index contributed by atoms with van der Waals surface area (Å²) >= 11 is 0. The topological polar surface area (TPSA) is 64.6 Å². The minimum atomic E-state index is -1.28. The Bertz CT molecular complexity index is 1170. The molecule has 3 N–H and O–H groups in total. The second-order valence-electron chi connectivity index (χ2n) is 8.37. The molecule has 0 saturated carbocycles. The van der Waals surface area contributed by atoms with Gasteiger partial charge in [0, 0.05) is 13.1 Å². The predicted octanol–water partition coefficient (Wildman–Crippen LogP) is 4.13. The van der Waals surface area contributed by atoms with Gasteiger partial charge in [0.1, 0.15) is 11.4 Å². The number of nitrogens with zero attached hydrogens (tertiary/aromatic N) is 1. The Labute approximate surface area is 189 Å². The van der Waals surface area contributed by atoms with E-state index in [1.54, 1.807) is 13.0 Å². The van der Waals surface area contributed by atoms with E-state index in [1.165, 1.54) is 17.0 Å². The SMILES string of the molecule is Cc1ccc(Nc2c(C(=O)N3CC(O)(CNCc4ccccc4)C3)ccc(F)c2F)c(F)c1. The zero-order valence-electron chi connectivity index (χ0n) is 18.0. The predicted molar refractivity (Wildman–Crippen MR) is 120 cm³/mol. The smallest absolute Gasteiger partial charge is 0.256 e. The number of amides is 1. The van der Waals surface area contributed by atoms with Gasteiger partial charge in [-0.3, -0.25) is 4.79 Å². The van der Waals surface area contributed by atoms with Gasteiger partial charge >= 0.3 is 0 Å². The summed E-state index contributed by atoms with van der Waals surface area (Å²) in [5, 5.41) is 16.3. The zero-order valence-corrected chi connectivity index (χ0v) is 18.0. The molecule has 1 fully saturated rings. The van der Waals surface area contributed by atoms with Crippen molar-refractivity contribution in [2.75, 3.05) is 25.0 Å². The highest BCUT2D eigenvalue weighted by Crippen LogP contribution is 2.31. The Hall–Kier alpha value is -3.36. The van der Waals surface area contributed by atoms with E-state index in [-0.39, 0.29) is 30.9 Å². The number of aryl methyl sites for hydroxylation is 1. The number of carbonyl (C=O) groups excluding carboxylic acids is 1. The highest BCUT2D eigenvalue weighted by atomic mass is 19.2. The summed E-state index contributed by atoms with van der Waals surface area (Å²) in [6.07, 6.45) is 0. The number of β-amino-alcohol motifs (C(OH)–C–C–N with tert-alkyl or cyclic N) is 1. The Balaban J connectivity index is 1.45.